The maximum Gasteiger partial charge on any atom is 0.209 e. The Kier molecular flexibility index (Phi) is 8.13. The summed E-state index contributed by atoms with van der Waals surface area (Å²) in [6, 6.07) is 17.2. The van der Waals surface area contributed by atoms with Gasteiger partial charge in [0.1, 0.15) is 7.05 Å². The van der Waals surface area contributed by atoms with Gasteiger partial charge >= 0.3 is 0 Å². The SMILES string of the molecule is C=CC1=C(Cl)/C(=C\C=C2/N(C)c3ccccc3C2(C)C)CC1.CC1=[N+](C)c2ccccc2C1(C)C.[Cl-]. The molecule has 0 radical (unpaired) electrons. The van der Waals surface area contributed by atoms with E-state index in [0.717, 1.165) is 23.4 Å². The van der Waals surface area contributed by atoms with Crippen LogP contribution in [0.3, 0.4) is 0 Å². The van der Waals surface area contributed by atoms with E-state index in [4.69, 9.17) is 11.6 Å². The molecule has 0 spiro atoms. The van der Waals surface area contributed by atoms with Crippen LogP contribution in [0.2, 0.25) is 0 Å². The largest absolute Gasteiger partial charge is 1.00 e. The van der Waals surface area contributed by atoms with Gasteiger partial charge in [0.2, 0.25) is 5.69 Å². The van der Waals surface area contributed by atoms with Crippen LogP contribution in [0.25, 0.3) is 0 Å². The highest BCUT2D eigenvalue weighted by atomic mass is 35.5. The molecule has 2 aliphatic heterocycles. The van der Waals surface area contributed by atoms with Crippen molar-refractivity contribution >= 4 is 28.7 Å². The molecule has 2 aromatic rings. The average molecular weight is 522 g/mol. The number of allylic oxidation sites excluding steroid dienone is 7. The molecule has 0 atom stereocenters. The lowest BCUT2D eigenvalue weighted by Gasteiger charge is -2.23. The van der Waals surface area contributed by atoms with Gasteiger partial charge in [0.15, 0.2) is 5.71 Å². The summed E-state index contributed by atoms with van der Waals surface area (Å²) < 4.78 is 2.29. The summed E-state index contributed by atoms with van der Waals surface area (Å²) in [6.45, 7) is 15.2. The van der Waals surface area contributed by atoms with Gasteiger partial charge in [-0.1, -0.05) is 80.6 Å². The quantitative estimate of drug-likeness (QED) is 0.479. The van der Waals surface area contributed by atoms with Gasteiger partial charge in [0.25, 0.3) is 0 Å². The highest BCUT2D eigenvalue weighted by molar-refractivity contribution is 6.33. The van der Waals surface area contributed by atoms with E-state index >= 15 is 0 Å². The number of para-hydroxylation sites is 2. The minimum absolute atomic E-state index is 0. The molecular weight excluding hydrogens is 483 g/mol. The van der Waals surface area contributed by atoms with Crippen LogP contribution >= 0.6 is 11.6 Å². The van der Waals surface area contributed by atoms with Crippen LogP contribution in [0.4, 0.5) is 11.4 Å². The second-order valence-electron chi connectivity index (χ2n) is 10.8. The minimum Gasteiger partial charge on any atom is -1.00 e. The van der Waals surface area contributed by atoms with Crippen molar-refractivity contribution in [3.05, 3.63) is 106 Å². The molecule has 0 aromatic heterocycles. The van der Waals surface area contributed by atoms with Crippen molar-refractivity contribution in [1.29, 1.82) is 0 Å². The van der Waals surface area contributed by atoms with E-state index in [1.165, 1.54) is 39.5 Å². The van der Waals surface area contributed by atoms with Crippen LogP contribution in [-0.4, -0.2) is 24.4 Å². The first-order valence-electron chi connectivity index (χ1n) is 12.4. The maximum absolute atomic E-state index is 6.42. The third-order valence-electron chi connectivity index (χ3n) is 8.20. The topological polar surface area (TPSA) is 6.25 Å². The van der Waals surface area contributed by atoms with Crippen molar-refractivity contribution in [2.75, 3.05) is 19.0 Å². The number of hydrogen-bond acceptors (Lipinski definition) is 1. The number of fused-ring (bicyclic) bond motifs is 2. The zero-order valence-corrected chi connectivity index (χ0v) is 24.1. The fraction of sp³-hybridized carbons (Fsp3) is 0.344. The fourth-order valence-electron chi connectivity index (χ4n) is 5.61. The summed E-state index contributed by atoms with van der Waals surface area (Å²) in [6.07, 6.45) is 8.28. The van der Waals surface area contributed by atoms with Crippen LogP contribution < -0.4 is 17.3 Å². The second kappa shape index (κ2) is 10.4. The molecule has 0 saturated heterocycles. The molecule has 2 heterocycles. The summed E-state index contributed by atoms with van der Waals surface area (Å²) in [4.78, 5) is 2.29. The van der Waals surface area contributed by atoms with Crippen LogP contribution in [0, 0.1) is 0 Å². The summed E-state index contributed by atoms with van der Waals surface area (Å²) in [7, 11) is 4.28. The molecule has 5 rings (SSSR count). The van der Waals surface area contributed by atoms with E-state index in [1.54, 1.807) is 0 Å². The Balaban J connectivity index is 0.000000221. The molecule has 3 aliphatic rings. The standard InChI is InChI=1S/C20H22ClN.C12H16N.ClH/c1-5-14-10-11-15(19(14)21)12-13-18-20(2,3)16-8-6-7-9-17(16)22(18)4;1-9-12(2,3)10-7-5-6-8-11(10)13(9)4;/h5-9,12-13H,1,10-11H2,2-4H3;5-8H,1-4H3;1H/q;+1;/p-1/b15-12-,18-13-;;. The van der Waals surface area contributed by atoms with Crippen molar-refractivity contribution in [2.24, 2.45) is 0 Å². The first kappa shape index (κ1) is 28.0. The number of likely N-dealkylation sites (N-methyl/N-ethyl adjacent to an activating group) is 1. The normalized spacial score (nSPS) is 21.3. The number of rotatable bonds is 2. The van der Waals surface area contributed by atoms with Crippen molar-refractivity contribution in [3.63, 3.8) is 0 Å². The zero-order chi connectivity index (χ0) is 25.5. The molecule has 0 fully saturated rings. The molecule has 2 nitrogen and oxygen atoms in total. The summed E-state index contributed by atoms with van der Waals surface area (Å²) in [5, 5.41) is 0.878. The zero-order valence-electron chi connectivity index (χ0n) is 22.6. The Bertz CT molecular complexity index is 1300. The molecule has 0 unspecified atom stereocenters. The lowest BCUT2D eigenvalue weighted by atomic mass is 9.82. The molecule has 4 heteroatoms. The highest BCUT2D eigenvalue weighted by Gasteiger charge is 2.41. The smallest absolute Gasteiger partial charge is 0.209 e. The lowest BCUT2D eigenvalue weighted by molar-refractivity contribution is -0.403. The monoisotopic (exact) mass is 520 g/mol. The van der Waals surface area contributed by atoms with Gasteiger partial charge in [-0.25, -0.2) is 4.58 Å². The van der Waals surface area contributed by atoms with Gasteiger partial charge in [-0.3, -0.25) is 0 Å². The molecule has 0 amide bonds. The fourth-order valence-corrected chi connectivity index (χ4v) is 5.94. The predicted octanol–water partition coefficient (Wildman–Crippen LogP) is 5.41. The summed E-state index contributed by atoms with van der Waals surface area (Å²) >= 11 is 6.42. The Labute approximate surface area is 228 Å². The Morgan fingerprint density at radius 1 is 0.917 bits per heavy atom. The molecule has 0 bridgehead atoms. The molecular formula is C32H38Cl2N2. The molecule has 1 aliphatic carbocycles. The summed E-state index contributed by atoms with van der Waals surface area (Å²) in [5.41, 5.74) is 10.8. The van der Waals surface area contributed by atoms with E-state index < -0.39 is 0 Å². The molecule has 0 N–H and O–H groups in total. The van der Waals surface area contributed by atoms with E-state index in [9.17, 15) is 0 Å². The third-order valence-corrected chi connectivity index (χ3v) is 8.69. The van der Waals surface area contributed by atoms with E-state index in [-0.39, 0.29) is 23.2 Å². The van der Waals surface area contributed by atoms with E-state index in [1.807, 2.05) is 6.08 Å². The number of anilines is 1. The van der Waals surface area contributed by atoms with Gasteiger partial charge in [-0.05, 0) is 55.5 Å². The first-order chi connectivity index (χ1) is 16.5. The first-order valence-corrected chi connectivity index (χ1v) is 12.8. The molecule has 2 aromatic carbocycles. The lowest BCUT2D eigenvalue weighted by Crippen LogP contribution is -3.00. The number of nitrogens with zero attached hydrogens (tertiary/aromatic N) is 2. The van der Waals surface area contributed by atoms with E-state index in [0.29, 0.717) is 0 Å². The third kappa shape index (κ3) is 4.62. The van der Waals surface area contributed by atoms with Crippen LogP contribution in [0.1, 0.15) is 58.6 Å². The Morgan fingerprint density at radius 3 is 2.11 bits per heavy atom. The number of halogens is 2. The predicted molar refractivity (Wildman–Crippen MR) is 152 cm³/mol. The van der Waals surface area contributed by atoms with Crippen molar-refractivity contribution in [1.82, 2.24) is 0 Å². The van der Waals surface area contributed by atoms with Crippen LogP contribution in [0.5, 0.6) is 0 Å². The molecule has 36 heavy (non-hydrogen) atoms. The van der Waals surface area contributed by atoms with Crippen molar-refractivity contribution < 1.29 is 17.0 Å². The highest BCUT2D eigenvalue weighted by Crippen LogP contribution is 2.47. The van der Waals surface area contributed by atoms with Gasteiger partial charge in [-0.2, -0.15) is 0 Å². The number of hydrogen-bond donors (Lipinski definition) is 0. The Hall–Kier alpha value is -2.55. The van der Waals surface area contributed by atoms with E-state index in [2.05, 4.69) is 125 Å². The second-order valence-corrected chi connectivity index (χ2v) is 11.2. The summed E-state index contributed by atoms with van der Waals surface area (Å²) in [5.74, 6) is 0. The van der Waals surface area contributed by atoms with Gasteiger partial charge in [0.05, 0.1) is 5.41 Å². The average Bonchev–Trinajstić information content (AvgIpc) is 3.36. The molecule has 0 saturated carbocycles. The van der Waals surface area contributed by atoms with Gasteiger partial charge in [-0.15, -0.1) is 0 Å². The maximum atomic E-state index is 6.42. The number of benzene rings is 2. The van der Waals surface area contributed by atoms with Gasteiger partial charge < -0.3 is 17.3 Å². The Morgan fingerprint density at radius 2 is 1.53 bits per heavy atom. The molecule has 190 valence electrons. The van der Waals surface area contributed by atoms with Crippen molar-refractivity contribution in [2.45, 2.75) is 58.3 Å². The minimum atomic E-state index is 0. The van der Waals surface area contributed by atoms with Crippen LogP contribution in [0.15, 0.2) is 95.2 Å². The van der Waals surface area contributed by atoms with Crippen LogP contribution in [-0.2, 0) is 10.8 Å². The van der Waals surface area contributed by atoms with Crippen molar-refractivity contribution in [3.8, 4) is 0 Å². The van der Waals surface area contributed by atoms with Gasteiger partial charge in [0, 0.05) is 47.4 Å².